The Hall–Kier alpha value is -1.05. The zero-order valence-corrected chi connectivity index (χ0v) is 12.4. The van der Waals surface area contributed by atoms with Crippen LogP contribution in [-0.2, 0) is 4.79 Å². The molecule has 0 spiro atoms. The third-order valence-corrected chi connectivity index (χ3v) is 4.57. The predicted octanol–water partition coefficient (Wildman–Crippen LogP) is 1.20. The quantitative estimate of drug-likeness (QED) is 0.607. The van der Waals surface area contributed by atoms with Crippen LogP contribution in [0.15, 0.2) is 0 Å². The largest absolute Gasteiger partial charge is 0.341 e. The molecule has 20 heavy (non-hydrogen) atoms. The topological polar surface area (TPSA) is 49.6 Å². The van der Waals surface area contributed by atoms with Gasteiger partial charge >= 0.3 is 0 Å². The first-order chi connectivity index (χ1) is 9.70. The Morgan fingerprint density at radius 2 is 1.95 bits per heavy atom. The van der Waals surface area contributed by atoms with Crippen LogP contribution in [0.4, 0.5) is 0 Å². The first-order valence-electron chi connectivity index (χ1n) is 7.91. The molecule has 112 valence electrons. The Bertz CT molecular complexity index is 355. The Kier molecular flexibility index (Phi) is 5.87. The van der Waals surface area contributed by atoms with Gasteiger partial charge in [0.05, 0.1) is 0 Å². The van der Waals surface area contributed by atoms with Gasteiger partial charge in [0.2, 0.25) is 5.91 Å². The van der Waals surface area contributed by atoms with E-state index in [4.69, 9.17) is 12.2 Å². The first-order valence-corrected chi connectivity index (χ1v) is 7.91. The average molecular weight is 277 g/mol. The monoisotopic (exact) mass is 277 g/mol. The molecule has 1 unspecified atom stereocenters. The second kappa shape index (κ2) is 7.66. The van der Waals surface area contributed by atoms with Crippen molar-refractivity contribution in [3.05, 3.63) is 0 Å². The van der Waals surface area contributed by atoms with Gasteiger partial charge < -0.3 is 10.6 Å². The summed E-state index contributed by atoms with van der Waals surface area (Å²) in [5, 5.41) is 0. The molecule has 0 bridgehead atoms. The van der Waals surface area contributed by atoms with Crippen LogP contribution in [0, 0.1) is 12.3 Å². The van der Waals surface area contributed by atoms with Gasteiger partial charge in [0, 0.05) is 38.0 Å². The SMILES string of the molecule is C#CCCCCC(=O)N1CCC(N2CCC(N)CC2)C1. The highest BCUT2D eigenvalue weighted by atomic mass is 16.2. The summed E-state index contributed by atoms with van der Waals surface area (Å²) in [4.78, 5) is 16.7. The summed E-state index contributed by atoms with van der Waals surface area (Å²) in [5.74, 6) is 2.93. The third-order valence-electron chi connectivity index (χ3n) is 4.57. The van der Waals surface area contributed by atoms with Crippen LogP contribution in [-0.4, -0.2) is 54.0 Å². The van der Waals surface area contributed by atoms with E-state index in [2.05, 4.69) is 10.8 Å². The summed E-state index contributed by atoms with van der Waals surface area (Å²) in [6.07, 6.45) is 11.8. The second-order valence-electron chi connectivity index (χ2n) is 6.07. The lowest BCUT2D eigenvalue weighted by atomic mass is 10.0. The van der Waals surface area contributed by atoms with Crippen LogP contribution in [0.2, 0.25) is 0 Å². The molecule has 2 aliphatic heterocycles. The van der Waals surface area contributed by atoms with E-state index in [1.807, 2.05) is 4.90 Å². The Balaban J connectivity index is 1.69. The molecule has 2 heterocycles. The summed E-state index contributed by atoms with van der Waals surface area (Å²) in [6, 6.07) is 0.929. The number of nitrogens with two attached hydrogens (primary N) is 1. The molecule has 0 saturated carbocycles. The fourth-order valence-corrected chi connectivity index (χ4v) is 3.21. The molecule has 2 aliphatic rings. The van der Waals surface area contributed by atoms with Gasteiger partial charge in [0.25, 0.3) is 0 Å². The fraction of sp³-hybridized carbons (Fsp3) is 0.812. The van der Waals surface area contributed by atoms with Gasteiger partial charge in [-0.05, 0) is 45.2 Å². The van der Waals surface area contributed by atoms with E-state index < -0.39 is 0 Å². The standard InChI is InChI=1S/C16H27N3O/c1-2-3-4-5-6-16(20)19-12-9-15(13-19)18-10-7-14(17)8-11-18/h1,14-15H,3-13,17H2. The van der Waals surface area contributed by atoms with Gasteiger partial charge in [-0.1, -0.05) is 0 Å². The van der Waals surface area contributed by atoms with E-state index in [-0.39, 0.29) is 0 Å². The van der Waals surface area contributed by atoms with Crippen LogP contribution in [0.25, 0.3) is 0 Å². The lowest BCUT2D eigenvalue weighted by molar-refractivity contribution is -0.130. The number of likely N-dealkylation sites (tertiary alicyclic amines) is 2. The number of hydrogen-bond acceptors (Lipinski definition) is 3. The summed E-state index contributed by atoms with van der Waals surface area (Å²) in [6.45, 7) is 4.01. The highest BCUT2D eigenvalue weighted by Gasteiger charge is 2.31. The maximum Gasteiger partial charge on any atom is 0.222 e. The summed E-state index contributed by atoms with van der Waals surface area (Å²) in [7, 11) is 0. The van der Waals surface area contributed by atoms with Crippen molar-refractivity contribution in [1.29, 1.82) is 0 Å². The zero-order chi connectivity index (χ0) is 14.4. The van der Waals surface area contributed by atoms with Crippen molar-refractivity contribution in [2.45, 2.75) is 57.0 Å². The highest BCUT2D eigenvalue weighted by Crippen LogP contribution is 2.20. The van der Waals surface area contributed by atoms with Crippen LogP contribution in [0.5, 0.6) is 0 Å². The van der Waals surface area contributed by atoms with Crippen molar-refractivity contribution in [3.8, 4) is 12.3 Å². The number of rotatable bonds is 5. The van der Waals surface area contributed by atoms with E-state index in [1.165, 1.54) is 0 Å². The molecule has 2 fully saturated rings. The molecule has 2 saturated heterocycles. The molecule has 2 rings (SSSR count). The molecule has 0 radical (unpaired) electrons. The second-order valence-corrected chi connectivity index (χ2v) is 6.07. The molecule has 1 atom stereocenters. The molecule has 0 aromatic carbocycles. The maximum absolute atomic E-state index is 12.1. The van der Waals surface area contributed by atoms with Gasteiger partial charge in [-0.2, -0.15) is 0 Å². The van der Waals surface area contributed by atoms with Crippen molar-refractivity contribution in [2.75, 3.05) is 26.2 Å². The minimum Gasteiger partial charge on any atom is -0.341 e. The lowest BCUT2D eigenvalue weighted by Gasteiger charge is -2.34. The van der Waals surface area contributed by atoms with Crippen molar-refractivity contribution < 1.29 is 4.79 Å². The van der Waals surface area contributed by atoms with Gasteiger partial charge in [0.15, 0.2) is 0 Å². The molecule has 4 nitrogen and oxygen atoms in total. The molecule has 2 N–H and O–H groups in total. The van der Waals surface area contributed by atoms with Gasteiger partial charge in [-0.15, -0.1) is 12.3 Å². The Labute approximate surface area is 122 Å². The summed E-state index contributed by atoms with van der Waals surface area (Å²) in [5.41, 5.74) is 5.95. The number of nitrogens with zero attached hydrogens (tertiary/aromatic N) is 2. The van der Waals surface area contributed by atoms with Gasteiger partial charge in [0.1, 0.15) is 0 Å². The van der Waals surface area contributed by atoms with Crippen LogP contribution in [0.3, 0.4) is 0 Å². The summed E-state index contributed by atoms with van der Waals surface area (Å²) >= 11 is 0. The first kappa shape index (κ1) is 15.3. The van der Waals surface area contributed by atoms with Crippen molar-refractivity contribution in [1.82, 2.24) is 9.80 Å². The molecule has 0 aromatic rings. The smallest absolute Gasteiger partial charge is 0.222 e. The number of carbonyl (C=O) groups excluding carboxylic acids is 1. The van der Waals surface area contributed by atoms with Crippen LogP contribution >= 0.6 is 0 Å². The van der Waals surface area contributed by atoms with E-state index in [1.54, 1.807) is 0 Å². The number of hydrogen-bond donors (Lipinski definition) is 1. The fourth-order valence-electron chi connectivity index (χ4n) is 3.21. The normalized spacial score (nSPS) is 24.8. The third kappa shape index (κ3) is 4.22. The van der Waals surface area contributed by atoms with Crippen LogP contribution < -0.4 is 5.73 Å². The Morgan fingerprint density at radius 1 is 1.20 bits per heavy atom. The summed E-state index contributed by atoms with van der Waals surface area (Å²) < 4.78 is 0. The molecule has 0 aromatic heterocycles. The van der Waals surface area contributed by atoms with Crippen molar-refractivity contribution >= 4 is 5.91 Å². The molecular formula is C16H27N3O. The highest BCUT2D eigenvalue weighted by molar-refractivity contribution is 5.76. The average Bonchev–Trinajstić information content (AvgIpc) is 2.94. The lowest BCUT2D eigenvalue weighted by Crippen LogP contribution is -2.46. The zero-order valence-electron chi connectivity index (χ0n) is 12.4. The Morgan fingerprint density at radius 3 is 2.65 bits per heavy atom. The van der Waals surface area contributed by atoms with Crippen LogP contribution in [0.1, 0.15) is 44.9 Å². The number of terminal acetylenes is 1. The molecule has 0 aliphatic carbocycles. The van der Waals surface area contributed by atoms with Gasteiger partial charge in [-0.25, -0.2) is 0 Å². The van der Waals surface area contributed by atoms with E-state index in [0.29, 0.717) is 24.4 Å². The van der Waals surface area contributed by atoms with E-state index >= 15 is 0 Å². The van der Waals surface area contributed by atoms with Gasteiger partial charge in [-0.3, -0.25) is 9.69 Å². The minimum absolute atomic E-state index is 0.304. The minimum atomic E-state index is 0.304. The molecular weight excluding hydrogens is 250 g/mol. The number of amides is 1. The van der Waals surface area contributed by atoms with E-state index in [0.717, 1.165) is 64.7 Å². The number of carbonyl (C=O) groups is 1. The predicted molar refractivity (Wildman–Crippen MR) is 81.1 cm³/mol. The van der Waals surface area contributed by atoms with Crippen molar-refractivity contribution in [2.24, 2.45) is 5.73 Å². The van der Waals surface area contributed by atoms with E-state index in [9.17, 15) is 4.79 Å². The van der Waals surface area contributed by atoms with Crippen molar-refractivity contribution in [3.63, 3.8) is 0 Å². The molecule has 1 amide bonds. The number of piperidine rings is 1. The maximum atomic E-state index is 12.1. The molecule has 4 heteroatoms. The number of unbranched alkanes of at least 4 members (excludes halogenated alkanes) is 2.